The van der Waals surface area contributed by atoms with Gasteiger partial charge in [0.05, 0.1) is 5.71 Å². The van der Waals surface area contributed by atoms with Gasteiger partial charge in [-0.05, 0) is 43.7 Å². The summed E-state index contributed by atoms with van der Waals surface area (Å²) in [6.07, 6.45) is 0. The molecule has 2 aromatic carbocycles. The molecule has 0 aliphatic heterocycles. The maximum atomic E-state index is 8.42. The first kappa shape index (κ1) is 17.5. The normalized spacial score (nSPS) is 12.3. The Bertz CT molecular complexity index is 613. The number of nitrogens with two attached hydrogens (primary N) is 1. The van der Waals surface area contributed by atoms with Crippen molar-refractivity contribution in [3.05, 3.63) is 69.7 Å². The van der Waals surface area contributed by atoms with E-state index in [4.69, 9.17) is 34.1 Å². The molecule has 112 valence electrons. The second-order valence-corrected chi connectivity index (χ2v) is 5.41. The van der Waals surface area contributed by atoms with Gasteiger partial charge < -0.3 is 10.9 Å². The van der Waals surface area contributed by atoms with E-state index in [1.165, 1.54) is 0 Å². The molecule has 0 spiro atoms. The molecule has 21 heavy (non-hydrogen) atoms. The Morgan fingerprint density at radius 1 is 1.10 bits per heavy atom. The van der Waals surface area contributed by atoms with Crippen molar-refractivity contribution in [2.45, 2.75) is 19.9 Å². The van der Waals surface area contributed by atoms with Crippen LogP contribution in [0, 0.1) is 0 Å². The molecule has 3 nitrogen and oxygen atoms in total. The average molecular weight is 325 g/mol. The van der Waals surface area contributed by atoms with Crippen molar-refractivity contribution in [1.29, 1.82) is 0 Å². The van der Waals surface area contributed by atoms with E-state index < -0.39 is 0 Å². The van der Waals surface area contributed by atoms with Crippen molar-refractivity contribution in [2.24, 2.45) is 10.9 Å². The largest absolute Gasteiger partial charge is 0.411 e. The van der Waals surface area contributed by atoms with Gasteiger partial charge in [0.1, 0.15) is 0 Å². The average Bonchev–Trinajstić information content (AvgIpc) is 2.47. The van der Waals surface area contributed by atoms with E-state index in [9.17, 15) is 0 Å². The second-order valence-electron chi connectivity index (χ2n) is 4.54. The SMILES string of the molecule is CC(=NO)c1cccc(Cl)c1.CC(N)c1cccc(Cl)c1. The van der Waals surface area contributed by atoms with Gasteiger partial charge in [-0.1, -0.05) is 52.6 Å². The standard InChI is InChI=1S/C8H8ClNO.C8H10ClN/c1-6(10-11)7-3-2-4-8(9)5-7;1-6(10)7-3-2-4-8(9)5-7/h2-5,11H,1H3;2-6H,10H2,1H3. The molecule has 0 saturated heterocycles. The molecule has 0 bridgehead atoms. The highest BCUT2D eigenvalue weighted by atomic mass is 35.5. The predicted octanol–water partition coefficient (Wildman–Crippen LogP) is 4.90. The Hall–Kier alpha value is -1.55. The predicted molar refractivity (Wildman–Crippen MR) is 89.5 cm³/mol. The number of oxime groups is 1. The van der Waals surface area contributed by atoms with Gasteiger partial charge in [0, 0.05) is 21.7 Å². The van der Waals surface area contributed by atoms with E-state index in [1.54, 1.807) is 19.1 Å². The molecule has 0 aliphatic carbocycles. The first-order valence-electron chi connectivity index (χ1n) is 6.39. The van der Waals surface area contributed by atoms with Crippen molar-refractivity contribution in [1.82, 2.24) is 0 Å². The molecule has 0 heterocycles. The molecule has 0 radical (unpaired) electrons. The summed E-state index contributed by atoms with van der Waals surface area (Å²) in [7, 11) is 0. The third kappa shape index (κ3) is 6.17. The summed E-state index contributed by atoms with van der Waals surface area (Å²) in [5.41, 5.74) is 8.10. The van der Waals surface area contributed by atoms with Crippen LogP contribution in [-0.4, -0.2) is 10.9 Å². The van der Waals surface area contributed by atoms with Crippen molar-refractivity contribution in [3.63, 3.8) is 0 Å². The zero-order valence-electron chi connectivity index (χ0n) is 11.9. The number of benzene rings is 2. The fourth-order valence-electron chi connectivity index (χ4n) is 1.56. The monoisotopic (exact) mass is 324 g/mol. The van der Waals surface area contributed by atoms with Crippen LogP contribution in [0.25, 0.3) is 0 Å². The van der Waals surface area contributed by atoms with Gasteiger partial charge in [0.2, 0.25) is 0 Å². The summed E-state index contributed by atoms with van der Waals surface area (Å²) in [6, 6.07) is 14.8. The van der Waals surface area contributed by atoms with Crippen molar-refractivity contribution < 1.29 is 5.21 Å². The number of halogens is 2. The van der Waals surface area contributed by atoms with E-state index in [-0.39, 0.29) is 6.04 Å². The van der Waals surface area contributed by atoms with E-state index >= 15 is 0 Å². The molecule has 0 aliphatic rings. The summed E-state index contributed by atoms with van der Waals surface area (Å²) in [6.45, 7) is 3.65. The van der Waals surface area contributed by atoms with Crippen molar-refractivity contribution >= 4 is 28.9 Å². The first-order valence-corrected chi connectivity index (χ1v) is 7.15. The van der Waals surface area contributed by atoms with Crippen LogP contribution in [0.3, 0.4) is 0 Å². The molecular weight excluding hydrogens is 307 g/mol. The minimum Gasteiger partial charge on any atom is -0.411 e. The summed E-state index contributed by atoms with van der Waals surface area (Å²) in [5, 5.41) is 12.9. The van der Waals surface area contributed by atoms with E-state index in [2.05, 4.69) is 5.16 Å². The molecule has 5 heteroatoms. The number of hydrogen-bond acceptors (Lipinski definition) is 3. The van der Waals surface area contributed by atoms with Crippen LogP contribution >= 0.6 is 23.2 Å². The Labute approximate surface area is 135 Å². The Balaban J connectivity index is 0.000000211. The molecule has 0 fully saturated rings. The molecule has 2 aromatic rings. The minimum absolute atomic E-state index is 0.0682. The maximum Gasteiger partial charge on any atom is 0.0837 e. The topological polar surface area (TPSA) is 58.6 Å². The van der Waals surface area contributed by atoms with Crippen molar-refractivity contribution in [2.75, 3.05) is 0 Å². The quantitative estimate of drug-likeness (QED) is 0.469. The second kappa shape index (κ2) is 8.67. The van der Waals surface area contributed by atoms with Crippen LogP contribution in [0.4, 0.5) is 0 Å². The fourth-order valence-corrected chi connectivity index (χ4v) is 1.95. The van der Waals surface area contributed by atoms with Crippen LogP contribution in [0.2, 0.25) is 10.0 Å². The van der Waals surface area contributed by atoms with Gasteiger partial charge >= 0.3 is 0 Å². The molecule has 0 saturated carbocycles. The lowest BCUT2D eigenvalue weighted by atomic mass is 10.1. The van der Waals surface area contributed by atoms with Gasteiger partial charge in [-0.25, -0.2) is 0 Å². The van der Waals surface area contributed by atoms with Crippen LogP contribution < -0.4 is 5.73 Å². The molecule has 2 rings (SSSR count). The van der Waals surface area contributed by atoms with Gasteiger partial charge in [0.25, 0.3) is 0 Å². The van der Waals surface area contributed by atoms with E-state index in [0.717, 1.165) is 16.1 Å². The highest BCUT2D eigenvalue weighted by molar-refractivity contribution is 6.31. The molecule has 0 aromatic heterocycles. The van der Waals surface area contributed by atoms with Crippen LogP contribution in [0.5, 0.6) is 0 Å². The van der Waals surface area contributed by atoms with Gasteiger partial charge in [-0.15, -0.1) is 0 Å². The highest BCUT2D eigenvalue weighted by Crippen LogP contribution is 2.15. The lowest BCUT2D eigenvalue weighted by Crippen LogP contribution is -2.04. The van der Waals surface area contributed by atoms with Gasteiger partial charge in [-0.2, -0.15) is 0 Å². The zero-order valence-corrected chi connectivity index (χ0v) is 13.4. The lowest BCUT2D eigenvalue weighted by molar-refractivity contribution is 0.319. The smallest absolute Gasteiger partial charge is 0.0837 e. The highest BCUT2D eigenvalue weighted by Gasteiger charge is 1.97. The lowest BCUT2D eigenvalue weighted by Gasteiger charge is -2.03. The molecule has 1 unspecified atom stereocenters. The summed E-state index contributed by atoms with van der Waals surface area (Å²) < 4.78 is 0. The molecule has 0 amide bonds. The zero-order chi connectivity index (χ0) is 15.8. The third-order valence-electron chi connectivity index (χ3n) is 2.77. The van der Waals surface area contributed by atoms with E-state index in [0.29, 0.717) is 10.7 Å². The summed E-state index contributed by atoms with van der Waals surface area (Å²) >= 11 is 11.4. The number of rotatable bonds is 2. The van der Waals surface area contributed by atoms with Gasteiger partial charge in [-0.3, -0.25) is 0 Å². The minimum atomic E-state index is 0.0682. The Morgan fingerprint density at radius 3 is 2.10 bits per heavy atom. The molecule has 1 atom stereocenters. The number of nitrogens with zero attached hydrogens (tertiary/aromatic N) is 1. The maximum absolute atomic E-state index is 8.42. The van der Waals surface area contributed by atoms with E-state index in [1.807, 2.05) is 43.3 Å². The van der Waals surface area contributed by atoms with Crippen molar-refractivity contribution in [3.8, 4) is 0 Å². The summed E-state index contributed by atoms with van der Waals surface area (Å²) in [5.74, 6) is 0. The van der Waals surface area contributed by atoms with Crippen LogP contribution in [-0.2, 0) is 0 Å². The third-order valence-corrected chi connectivity index (χ3v) is 3.24. The van der Waals surface area contributed by atoms with Crippen LogP contribution in [0.1, 0.15) is 31.0 Å². The fraction of sp³-hybridized carbons (Fsp3) is 0.188. The first-order chi connectivity index (χ1) is 9.93. The van der Waals surface area contributed by atoms with Gasteiger partial charge in [0.15, 0.2) is 0 Å². The summed E-state index contributed by atoms with van der Waals surface area (Å²) in [4.78, 5) is 0. The molecular formula is C16H18Cl2N2O. The number of hydrogen-bond donors (Lipinski definition) is 2. The Morgan fingerprint density at radius 2 is 1.67 bits per heavy atom. The van der Waals surface area contributed by atoms with Crippen LogP contribution in [0.15, 0.2) is 53.7 Å². The molecule has 3 N–H and O–H groups in total. The Kier molecular flexibility index (Phi) is 7.23.